The maximum Gasteiger partial charge on any atom is 0.255 e. The molecule has 4 rings (SSSR count). The molecule has 6 heteroatoms. The van der Waals surface area contributed by atoms with Crippen LogP contribution in [0, 0.1) is 11.8 Å². The fraction of sp³-hybridized carbons (Fsp3) is 0.348. The van der Waals surface area contributed by atoms with E-state index < -0.39 is 0 Å². The van der Waals surface area contributed by atoms with Crippen LogP contribution in [-0.4, -0.2) is 35.7 Å². The van der Waals surface area contributed by atoms with Crippen LogP contribution in [0.5, 0.6) is 0 Å². The lowest BCUT2D eigenvalue weighted by Gasteiger charge is -2.15. The molecule has 2 aromatic carbocycles. The summed E-state index contributed by atoms with van der Waals surface area (Å²) in [5.41, 5.74) is 2.33. The van der Waals surface area contributed by atoms with Crippen LogP contribution in [0.15, 0.2) is 48.5 Å². The molecular formula is C23H25N3O3. The summed E-state index contributed by atoms with van der Waals surface area (Å²) in [7, 11) is 0. The van der Waals surface area contributed by atoms with Gasteiger partial charge in [-0.15, -0.1) is 0 Å². The summed E-state index contributed by atoms with van der Waals surface area (Å²) in [6.45, 7) is 3.67. The van der Waals surface area contributed by atoms with Crippen molar-refractivity contribution in [3.8, 4) is 0 Å². The van der Waals surface area contributed by atoms with Crippen LogP contribution < -0.4 is 10.6 Å². The van der Waals surface area contributed by atoms with Gasteiger partial charge >= 0.3 is 0 Å². The summed E-state index contributed by atoms with van der Waals surface area (Å²) < 4.78 is 0. The van der Waals surface area contributed by atoms with Gasteiger partial charge in [0.15, 0.2) is 0 Å². The van der Waals surface area contributed by atoms with Crippen molar-refractivity contribution in [2.75, 3.05) is 23.7 Å². The molecule has 6 nitrogen and oxygen atoms in total. The molecule has 0 radical (unpaired) electrons. The van der Waals surface area contributed by atoms with Crippen molar-refractivity contribution >= 4 is 29.1 Å². The molecule has 0 spiro atoms. The average Bonchev–Trinajstić information content (AvgIpc) is 3.23. The van der Waals surface area contributed by atoms with Gasteiger partial charge in [-0.1, -0.05) is 13.0 Å². The van der Waals surface area contributed by atoms with Gasteiger partial charge in [0.05, 0.1) is 0 Å². The number of carbonyl (C=O) groups is 3. The van der Waals surface area contributed by atoms with Crippen molar-refractivity contribution in [3.63, 3.8) is 0 Å². The Morgan fingerprint density at radius 2 is 1.59 bits per heavy atom. The van der Waals surface area contributed by atoms with E-state index in [-0.39, 0.29) is 23.6 Å². The third-order valence-corrected chi connectivity index (χ3v) is 5.62. The third-order valence-electron chi connectivity index (χ3n) is 5.62. The second kappa shape index (κ2) is 8.07. The minimum absolute atomic E-state index is 0.00770. The molecule has 0 bridgehead atoms. The van der Waals surface area contributed by atoms with E-state index in [1.165, 1.54) is 0 Å². The van der Waals surface area contributed by atoms with Gasteiger partial charge in [0.2, 0.25) is 5.91 Å². The van der Waals surface area contributed by atoms with Crippen LogP contribution >= 0.6 is 0 Å². The van der Waals surface area contributed by atoms with Crippen molar-refractivity contribution in [2.24, 2.45) is 11.8 Å². The van der Waals surface area contributed by atoms with E-state index in [4.69, 9.17) is 0 Å². The molecule has 2 fully saturated rings. The SMILES string of the molecule is CC1CC1C(=O)Nc1cccc(C(=O)Nc2ccc(C(=O)N3CCCC3)cc2)c1. The molecule has 2 N–H and O–H groups in total. The molecular weight excluding hydrogens is 366 g/mol. The summed E-state index contributed by atoms with van der Waals surface area (Å²) in [5.74, 6) is 0.290. The normalized spacial score (nSPS) is 20.2. The number of hydrogen-bond acceptors (Lipinski definition) is 3. The van der Waals surface area contributed by atoms with Crippen molar-refractivity contribution in [1.29, 1.82) is 0 Å². The Hall–Kier alpha value is -3.15. The first kappa shape index (κ1) is 19.2. The lowest BCUT2D eigenvalue weighted by atomic mass is 10.1. The largest absolute Gasteiger partial charge is 0.339 e. The van der Waals surface area contributed by atoms with E-state index in [0.29, 0.717) is 28.4 Å². The first-order chi connectivity index (χ1) is 14.0. The number of nitrogens with zero attached hydrogens (tertiary/aromatic N) is 1. The maximum absolute atomic E-state index is 12.6. The van der Waals surface area contributed by atoms with E-state index in [9.17, 15) is 14.4 Å². The van der Waals surface area contributed by atoms with Crippen molar-refractivity contribution in [3.05, 3.63) is 59.7 Å². The molecule has 2 aromatic rings. The number of amides is 3. The molecule has 150 valence electrons. The highest BCUT2D eigenvalue weighted by atomic mass is 16.2. The van der Waals surface area contributed by atoms with Crippen molar-refractivity contribution in [2.45, 2.75) is 26.2 Å². The molecule has 29 heavy (non-hydrogen) atoms. The minimum atomic E-state index is -0.264. The Bertz CT molecular complexity index is 933. The van der Waals surface area contributed by atoms with Gasteiger partial charge in [-0.05, 0) is 67.6 Å². The van der Waals surface area contributed by atoms with Crippen LogP contribution in [0.3, 0.4) is 0 Å². The number of nitrogens with one attached hydrogen (secondary N) is 2. The van der Waals surface area contributed by atoms with E-state index in [1.807, 2.05) is 4.90 Å². The first-order valence-corrected chi connectivity index (χ1v) is 10.1. The van der Waals surface area contributed by atoms with Crippen LogP contribution in [0.25, 0.3) is 0 Å². The Kier molecular flexibility index (Phi) is 5.34. The molecule has 1 aliphatic carbocycles. The number of hydrogen-bond donors (Lipinski definition) is 2. The van der Waals surface area contributed by atoms with Crippen LogP contribution in [0.2, 0.25) is 0 Å². The first-order valence-electron chi connectivity index (χ1n) is 10.1. The highest BCUT2D eigenvalue weighted by Crippen LogP contribution is 2.38. The summed E-state index contributed by atoms with van der Waals surface area (Å²) in [5, 5.41) is 5.72. The van der Waals surface area contributed by atoms with Crippen LogP contribution in [-0.2, 0) is 4.79 Å². The van der Waals surface area contributed by atoms with E-state index in [2.05, 4.69) is 17.6 Å². The maximum atomic E-state index is 12.6. The Balaban J connectivity index is 1.38. The van der Waals surface area contributed by atoms with Gasteiger partial charge in [0, 0.05) is 41.5 Å². The van der Waals surface area contributed by atoms with Crippen LogP contribution in [0.4, 0.5) is 11.4 Å². The lowest BCUT2D eigenvalue weighted by molar-refractivity contribution is -0.117. The predicted octanol–water partition coefficient (Wildman–Crippen LogP) is 3.77. The molecule has 2 unspecified atom stereocenters. The Morgan fingerprint density at radius 1 is 0.897 bits per heavy atom. The van der Waals surface area contributed by atoms with Gasteiger partial charge in [-0.25, -0.2) is 0 Å². The molecule has 1 saturated heterocycles. The molecule has 3 amide bonds. The smallest absolute Gasteiger partial charge is 0.255 e. The van der Waals surface area contributed by atoms with Gasteiger partial charge in [0.25, 0.3) is 11.8 Å². The highest BCUT2D eigenvalue weighted by Gasteiger charge is 2.39. The fourth-order valence-corrected chi connectivity index (χ4v) is 3.66. The van der Waals surface area contributed by atoms with Crippen molar-refractivity contribution in [1.82, 2.24) is 4.90 Å². The van der Waals surface area contributed by atoms with Crippen LogP contribution in [0.1, 0.15) is 46.9 Å². The minimum Gasteiger partial charge on any atom is -0.339 e. The topological polar surface area (TPSA) is 78.5 Å². The number of anilines is 2. The zero-order valence-electron chi connectivity index (χ0n) is 16.5. The number of benzene rings is 2. The summed E-state index contributed by atoms with van der Waals surface area (Å²) in [4.78, 5) is 38.9. The fourth-order valence-electron chi connectivity index (χ4n) is 3.66. The zero-order chi connectivity index (χ0) is 20.4. The molecule has 1 aliphatic heterocycles. The third kappa shape index (κ3) is 4.47. The zero-order valence-corrected chi connectivity index (χ0v) is 16.5. The second-order valence-electron chi connectivity index (χ2n) is 7.92. The number of carbonyl (C=O) groups excluding carboxylic acids is 3. The van der Waals surface area contributed by atoms with Gasteiger partial charge < -0.3 is 15.5 Å². The van der Waals surface area contributed by atoms with Crippen molar-refractivity contribution < 1.29 is 14.4 Å². The average molecular weight is 391 g/mol. The number of rotatable bonds is 5. The molecule has 1 heterocycles. The van der Waals surface area contributed by atoms with E-state index in [0.717, 1.165) is 32.4 Å². The second-order valence-corrected chi connectivity index (χ2v) is 7.92. The highest BCUT2D eigenvalue weighted by molar-refractivity contribution is 6.05. The molecule has 0 aromatic heterocycles. The lowest BCUT2D eigenvalue weighted by Crippen LogP contribution is -2.27. The Morgan fingerprint density at radius 3 is 2.24 bits per heavy atom. The van der Waals surface area contributed by atoms with E-state index >= 15 is 0 Å². The van der Waals surface area contributed by atoms with Gasteiger partial charge in [-0.2, -0.15) is 0 Å². The molecule has 1 saturated carbocycles. The summed E-state index contributed by atoms with van der Waals surface area (Å²) in [6, 6.07) is 13.9. The van der Waals surface area contributed by atoms with Gasteiger partial charge in [0.1, 0.15) is 0 Å². The summed E-state index contributed by atoms with van der Waals surface area (Å²) in [6.07, 6.45) is 3.03. The standard InChI is InChI=1S/C23H25N3O3/c1-15-13-20(15)22(28)25-19-6-4-5-17(14-19)21(27)24-18-9-7-16(8-10-18)23(29)26-11-2-3-12-26/h4-10,14-15,20H,2-3,11-13H2,1H3,(H,24,27)(H,25,28). The van der Waals surface area contributed by atoms with E-state index in [1.54, 1.807) is 48.5 Å². The quantitative estimate of drug-likeness (QED) is 0.814. The van der Waals surface area contributed by atoms with Gasteiger partial charge in [-0.3, -0.25) is 14.4 Å². The Labute approximate surface area is 170 Å². The molecule has 2 aliphatic rings. The molecule has 2 atom stereocenters. The summed E-state index contributed by atoms with van der Waals surface area (Å²) >= 11 is 0. The predicted molar refractivity (Wildman–Crippen MR) is 112 cm³/mol. The number of likely N-dealkylation sites (tertiary alicyclic amines) is 1. The monoisotopic (exact) mass is 391 g/mol.